The van der Waals surface area contributed by atoms with Crippen LogP contribution in [0.3, 0.4) is 0 Å². The summed E-state index contributed by atoms with van der Waals surface area (Å²) in [5.41, 5.74) is -0.728. The van der Waals surface area contributed by atoms with Crippen LogP contribution in [0, 0.1) is 23.7 Å². The van der Waals surface area contributed by atoms with E-state index in [1.807, 2.05) is 6.92 Å². The quantitative estimate of drug-likeness (QED) is 0.787. The Morgan fingerprint density at radius 3 is 2.45 bits per heavy atom. The molecule has 4 atom stereocenters. The monoisotopic (exact) mass is 310 g/mol. The van der Waals surface area contributed by atoms with Gasteiger partial charge in [-0.25, -0.2) is 4.79 Å². The minimum absolute atomic E-state index is 0.210. The van der Waals surface area contributed by atoms with Gasteiger partial charge in [0.1, 0.15) is 5.60 Å². The first kappa shape index (κ1) is 15.8. The molecule has 4 aliphatic carbocycles. The van der Waals surface area contributed by atoms with Crippen molar-refractivity contribution in [1.29, 1.82) is 0 Å². The number of carbonyl (C=O) groups is 2. The first-order valence-electron chi connectivity index (χ1n) is 8.50. The average Bonchev–Trinajstić information content (AvgIpc) is 2.48. The highest BCUT2D eigenvalue weighted by Crippen LogP contribution is 2.57. The summed E-state index contributed by atoms with van der Waals surface area (Å²) in [6.07, 6.45) is 4.94. The van der Waals surface area contributed by atoms with Gasteiger partial charge in [0.25, 0.3) is 0 Å². The molecule has 5 heteroatoms. The summed E-state index contributed by atoms with van der Waals surface area (Å²) in [6, 6.07) is 0. The van der Waals surface area contributed by atoms with Crippen LogP contribution in [0.25, 0.3) is 0 Å². The maximum absolute atomic E-state index is 12.1. The first-order valence-corrected chi connectivity index (χ1v) is 8.50. The topological polar surface area (TPSA) is 72.8 Å². The van der Waals surface area contributed by atoms with E-state index in [1.165, 1.54) is 6.42 Å². The van der Waals surface area contributed by atoms with E-state index >= 15 is 0 Å². The van der Waals surface area contributed by atoms with Crippen LogP contribution in [-0.4, -0.2) is 35.4 Å². The van der Waals surface area contributed by atoms with Crippen LogP contribution in [-0.2, 0) is 19.1 Å². The van der Waals surface area contributed by atoms with Crippen LogP contribution in [0.2, 0.25) is 0 Å². The number of aliphatic hydroxyl groups is 1. The number of hydrogen-bond acceptors (Lipinski definition) is 5. The third-order valence-corrected chi connectivity index (χ3v) is 5.86. The van der Waals surface area contributed by atoms with Crippen molar-refractivity contribution in [3.63, 3.8) is 0 Å². The molecule has 4 bridgehead atoms. The summed E-state index contributed by atoms with van der Waals surface area (Å²) in [5.74, 6) is 0.288. The zero-order chi connectivity index (χ0) is 15.9. The Morgan fingerprint density at radius 1 is 1.23 bits per heavy atom. The van der Waals surface area contributed by atoms with Crippen molar-refractivity contribution in [3.05, 3.63) is 0 Å². The third-order valence-electron chi connectivity index (χ3n) is 5.86. The highest BCUT2D eigenvalue weighted by Gasteiger charge is 2.59. The van der Waals surface area contributed by atoms with Crippen LogP contribution in [0.4, 0.5) is 0 Å². The smallest absolute Gasteiger partial charge is 0.344 e. The lowest BCUT2D eigenvalue weighted by Gasteiger charge is -2.58. The van der Waals surface area contributed by atoms with Crippen LogP contribution in [0.5, 0.6) is 0 Å². The van der Waals surface area contributed by atoms with Gasteiger partial charge in [0.05, 0.1) is 12.0 Å². The van der Waals surface area contributed by atoms with Crippen molar-refractivity contribution < 1.29 is 24.2 Å². The molecule has 4 fully saturated rings. The van der Waals surface area contributed by atoms with E-state index in [1.54, 1.807) is 6.92 Å². The van der Waals surface area contributed by atoms with Gasteiger partial charge in [0, 0.05) is 0 Å². The summed E-state index contributed by atoms with van der Waals surface area (Å²) in [4.78, 5) is 23.7. The molecule has 0 aromatic rings. The number of esters is 2. The second-order valence-electron chi connectivity index (χ2n) is 7.51. The van der Waals surface area contributed by atoms with E-state index < -0.39 is 17.7 Å². The van der Waals surface area contributed by atoms with Crippen LogP contribution >= 0.6 is 0 Å². The van der Waals surface area contributed by atoms with Gasteiger partial charge in [-0.3, -0.25) is 4.79 Å². The van der Waals surface area contributed by atoms with E-state index in [-0.39, 0.29) is 24.4 Å². The van der Waals surface area contributed by atoms with Crippen molar-refractivity contribution >= 4 is 11.9 Å². The molecule has 0 aliphatic heterocycles. The Hall–Kier alpha value is -1.10. The number of ether oxygens (including phenoxy) is 2. The average molecular weight is 310 g/mol. The van der Waals surface area contributed by atoms with Crippen LogP contribution in [0.1, 0.15) is 52.4 Å². The van der Waals surface area contributed by atoms with Gasteiger partial charge in [-0.05, 0) is 56.3 Å². The van der Waals surface area contributed by atoms with Gasteiger partial charge in [-0.2, -0.15) is 0 Å². The molecule has 1 N–H and O–H groups in total. The van der Waals surface area contributed by atoms with E-state index in [4.69, 9.17) is 9.47 Å². The summed E-state index contributed by atoms with van der Waals surface area (Å²) >= 11 is 0. The Labute approximate surface area is 131 Å². The second-order valence-corrected chi connectivity index (χ2v) is 7.51. The number of carbonyl (C=O) groups excluding carboxylic acids is 2. The van der Waals surface area contributed by atoms with Gasteiger partial charge in [0.2, 0.25) is 0 Å². The zero-order valence-electron chi connectivity index (χ0n) is 13.4. The van der Waals surface area contributed by atoms with Gasteiger partial charge >= 0.3 is 11.9 Å². The zero-order valence-corrected chi connectivity index (χ0v) is 13.4. The van der Waals surface area contributed by atoms with Crippen molar-refractivity contribution in [2.24, 2.45) is 23.7 Å². The van der Waals surface area contributed by atoms with Gasteiger partial charge in [-0.15, -0.1) is 0 Å². The van der Waals surface area contributed by atoms with Gasteiger partial charge in [-0.1, -0.05) is 13.8 Å². The number of rotatable bonds is 5. The third kappa shape index (κ3) is 2.75. The van der Waals surface area contributed by atoms with Crippen LogP contribution < -0.4 is 0 Å². The largest absolute Gasteiger partial charge is 0.454 e. The van der Waals surface area contributed by atoms with E-state index in [0.29, 0.717) is 18.3 Å². The fraction of sp³-hybridized carbons (Fsp3) is 0.882. The van der Waals surface area contributed by atoms with E-state index in [0.717, 1.165) is 25.7 Å². The summed E-state index contributed by atoms with van der Waals surface area (Å²) < 4.78 is 10.7. The Balaban J connectivity index is 1.58. The number of aliphatic hydroxyl groups excluding tert-OH is 1. The summed E-state index contributed by atoms with van der Waals surface area (Å²) in [5, 5.41) is 10.5. The molecule has 4 unspecified atom stereocenters. The molecule has 0 heterocycles. The lowest BCUT2D eigenvalue weighted by molar-refractivity contribution is -0.230. The van der Waals surface area contributed by atoms with Crippen LogP contribution in [0.15, 0.2) is 0 Å². The molecular weight excluding hydrogens is 284 g/mol. The van der Waals surface area contributed by atoms with Crippen molar-refractivity contribution in [1.82, 2.24) is 0 Å². The maximum Gasteiger partial charge on any atom is 0.344 e. The highest BCUT2D eigenvalue weighted by atomic mass is 16.6. The lowest BCUT2D eigenvalue weighted by Crippen LogP contribution is -2.62. The summed E-state index contributed by atoms with van der Waals surface area (Å²) in [6.45, 7) is 3.32. The lowest BCUT2D eigenvalue weighted by atomic mass is 9.53. The standard InChI is InChI=1S/C17H26O5/c1-3-10(2)16(20)21-9-14(18)22-17-7-11-4-12(8-17)6-13(5-11)15(17)19/h10-13,15,19H,3-9H2,1-2H3. The maximum atomic E-state index is 12.1. The second kappa shape index (κ2) is 5.84. The molecule has 4 aliphatic rings. The molecule has 0 aromatic heterocycles. The molecule has 5 nitrogen and oxygen atoms in total. The van der Waals surface area contributed by atoms with Gasteiger partial charge < -0.3 is 14.6 Å². The molecule has 0 amide bonds. The SMILES string of the molecule is CCC(C)C(=O)OCC(=O)OC12CC3CC(CC(C3)C1O)C2. The molecule has 4 rings (SSSR count). The molecule has 4 saturated carbocycles. The van der Waals surface area contributed by atoms with Crippen molar-refractivity contribution in [3.8, 4) is 0 Å². The molecule has 124 valence electrons. The Bertz CT molecular complexity index is 446. The predicted octanol–water partition coefficient (Wildman–Crippen LogP) is 2.06. The fourth-order valence-electron chi connectivity index (χ4n) is 4.78. The van der Waals surface area contributed by atoms with Gasteiger partial charge in [0.15, 0.2) is 6.61 Å². The molecule has 0 aromatic carbocycles. The molecule has 0 radical (unpaired) electrons. The Kier molecular flexibility index (Phi) is 4.19. The van der Waals surface area contributed by atoms with E-state index in [9.17, 15) is 14.7 Å². The van der Waals surface area contributed by atoms with E-state index in [2.05, 4.69) is 0 Å². The molecule has 22 heavy (non-hydrogen) atoms. The molecular formula is C17H26O5. The number of hydrogen-bond donors (Lipinski definition) is 1. The minimum atomic E-state index is -0.728. The summed E-state index contributed by atoms with van der Waals surface area (Å²) in [7, 11) is 0. The predicted molar refractivity (Wildman–Crippen MR) is 78.8 cm³/mol. The molecule has 0 spiro atoms. The highest BCUT2D eigenvalue weighted by molar-refractivity contribution is 5.77. The first-order chi connectivity index (χ1) is 10.4. The fourth-order valence-corrected chi connectivity index (χ4v) is 4.78. The van der Waals surface area contributed by atoms with Crippen molar-refractivity contribution in [2.75, 3.05) is 6.61 Å². The minimum Gasteiger partial charge on any atom is -0.454 e. The normalized spacial score (nSPS) is 40.3. The Morgan fingerprint density at radius 2 is 1.86 bits per heavy atom. The van der Waals surface area contributed by atoms with Crippen molar-refractivity contribution in [2.45, 2.75) is 64.1 Å². The molecule has 0 saturated heterocycles.